The molecule has 1 saturated heterocycles. The molecule has 0 spiro atoms. The second kappa shape index (κ2) is 11.7. The van der Waals surface area contributed by atoms with Crippen molar-refractivity contribution in [2.24, 2.45) is 0 Å². The molecule has 41 heavy (non-hydrogen) atoms. The van der Waals surface area contributed by atoms with Crippen molar-refractivity contribution in [1.82, 2.24) is 13.9 Å². The zero-order valence-electron chi connectivity index (χ0n) is 22.9. The summed E-state index contributed by atoms with van der Waals surface area (Å²) >= 11 is 0. The van der Waals surface area contributed by atoms with Crippen LogP contribution in [0.5, 0.6) is 5.75 Å². The van der Waals surface area contributed by atoms with Crippen LogP contribution in [0.1, 0.15) is 48.5 Å². The van der Waals surface area contributed by atoms with Crippen molar-refractivity contribution in [2.45, 2.75) is 50.2 Å². The Balaban J connectivity index is 1.34. The number of amides is 1. The molecule has 0 saturated carbocycles. The third-order valence-corrected chi connectivity index (χ3v) is 8.98. The summed E-state index contributed by atoms with van der Waals surface area (Å²) in [4.78, 5) is 29.0. The Hall–Kier alpha value is -4.22. The predicted molar refractivity (Wildman–Crippen MR) is 155 cm³/mol. The lowest BCUT2D eigenvalue weighted by Crippen LogP contribution is -2.37. The Kier molecular flexibility index (Phi) is 8.09. The first-order valence-electron chi connectivity index (χ1n) is 13.5. The van der Waals surface area contributed by atoms with Crippen LogP contribution in [0.3, 0.4) is 0 Å². The normalized spacial score (nSPS) is 14.8. The number of hydrogen-bond donors (Lipinski definition) is 2. The average molecular weight is 577 g/mol. The van der Waals surface area contributed by atoms with Gasteiger partial charge in [0.25, 0.3) is 5.91 Å². The SMILES string of the molecule is CC(C)Oc1ccc(S(=O)(=O)N2CCC(c3cn(CC(=O)O)c4nc(NC(=O)c5ccccc5)ccc34)CC2)cc1. The van der Waals surface area contributed by atoms with Gasteiger partial charge in [0.2, 0.25) is 10.0 Å². The number of carboxylic acid groups (broad SMARTS) is 1. The summed E-state index contributed by atoms with van der Waals surface area (Å²) < 4.78 is 35.3. The zero-order chi connectivity index (χ0) is 29.1. The van der Waals surface area contributed by atoms with Crippen LogP contribution in [0.2, 0.25) is 0 Å². The molecule has 1 amide bonds. The van der Waals surface area contributed by atoms with Crippen molar-refractivity contribution in [1.29, 1.82) is 0 Å². The van der Waals surface area contributed by atoms with E-state index in [1.54, 1.807) is 65.4 Å². The van der Waals surface area contributed by atoms with E-state index in [0.717, 1.165) is 10.9 Å². The number of benzene rings is 2. The second-order valence-electron chi connectivity index (χ2n) is 10.3. The molecule has 0 aliphatic carbocycles. The number of aliphatic carboxylic acids is 1. The quantitative estimate of drug-likeness (QED) is 0.295. The van der Waals surface area contributed by atoms with Crippen molar-refractivity contribution in [3.05, 3.63) is 84.1 Å². The van der Waals surface area contributed by atoms with Crippen LogP contribution < -0.4 is 10.1 Å². The minimum absolute atomic E-state index is 0.00670. The maximum Gasteiger partial charge on any atom is 0.323 e. The van der Waals surface area contributed by atoms with Crippen molar-refractivity contribution in [3.8, 4) is 5.75 Å². The third-order valence-electron chi connectivity index (χ3n) is 7.06. The molecule has 1 aliphatic heterocycles. The molecular weight excluding hydrogens is 544 g/mol. The van der Waals surface area contributed by atoms with E-state index in [2.05, 4.69) is 10.3 Å². The average Bonchev–Trinajstić information content (AvgIpc) is 3.30. The summed E-state index contributed by atoms with van der Waals surface area (Å²) in [6, 6.07) is 18.8. The number of fused-ring (bicyclic) bond motifs is 1. The van der Waals surface area contributed by atoms with Gasteiger partial charge in [-0.25, -0.2) is 13.4 Å². The van der Waals surface area contributed by atoms with E-state index in [0.29, 0.717) is 48.7 Å². The van der Waals surface area contributed by atoms with Gasteiger partial charge in [0, 0.05) is 30.2 Å². The van der Waals surface area contributed by atoms with E-state index in [9.17, 15) is 23.1 Å². The number of piperidine rings is 1. The molecule has 5 rings (SSSR count). The summed E-state index contributed by atoms with van der Waals surface area (Å²) in [5.74, 6) is -0.378. The van der Waals surface area contributed by atoms with Gasteiger partial charge in [-0.2, -0.15) is 4.31 Å². The molecule has 1 aliphatic rings. The Morgan fingerprint density at radius 3 is 2.34 bits per heavy atom. The first-order valence-corrected chi connectivity index (χ1v) is 14.9. The van der Waals surface area contributed by atoms with E-state index in [1.807, 2.05) is 26.0 Å². The maximum absolute atomic E-state index is 13.3. The molecular formula is C30H32N4O6S. The van der Waals surface area contributed by atoms with Gasteiger partial charge >= 0.3 is 5.97 Å². The fourth-order valence-corrected chi connectivity index (χ4v) is 6.62. The highest BCUT2D eigenvalue weighted by Crippen LogP contribution is 2.36. The van der Waals surface area contributed by atoms with Gasteiger partial charge in [-0.15, -0.1) is 0 Å². The predicted octanol–water partition coefficient (Wildman–Crippen LogP) is 4.73. The molecule has 2 aromatic heterocycles. The standard InChI is InChI=1S/C30H32N4O6S/c1-20(2)40-23-8-10-24(11-9-23)41(38,39)34-16-14-21(15-17-34)26-18-33(19-28(35)36)29-25(26)12-13-27(31-29)32-30(37)22-6-4-3-5-7-22/h3-13,18,20-21H,14-17,19H2,1-2H3,(H,35,36)(H,31,32,37). The van der Waals surface area contributed by atoms with E-state index in [4.69, 9.17) is 4.74 Å². The van der Waals surface area contributed by atoms with Crippen LogP contribution in [0.4, 0.5) is 5.82 Å². The van der Waals surface area contributed by atoms with Crippen LogP contribution in [0, 0.1) is 0 Å². The second-order valence-corrected chi connectivity index (χ2v) is 12.2. The number of carbonyl (C=O) groups excluding carboxylic acids is 1. The summed E-state index contributed by atoms with van der Waals surface area (Å²) in [7, 11) is -3.66. The Bertz CT molecular complexity index is 1660. The molecule has 0 unspecified atom stereocenters. The number of pyridine rings is 1. The van der Waals surface area contributed by atoms with E-state index < -0.39 is 16.0 Å². The van der Waals surface area contributed by atoms with Crippen LogP contribution in [0.25, 0.3) is 11.0 Å². The minimum Gasteiger partial charge on any atom is -0.491 e. The summed E-state index contributed by atoms with van der Waals surface area (Å²) in [5, 5.41) is 13.1. The van der Waals surface area contributed by atoms with E-state index in [1.165, 1.54) is 4.31 Å². The molecule has 0 atom stereocenters. The van der Waals surface area contributed by atoms with Gasteiger partial charge in [-0.1, -0.05) is 18.2 Å². The van der Waals surface area contributed by atoms with Gasteiger partial charge in [-0.05, 0) is 86.7 Å². The molecule has 3 heterocycles. The number of nitrogens with one attached hydrogen (secondary N) is 1. The summed E-state index contributed by atoms with van der Waals surface area (Å²) in [6.07, 6.45) is 2.93. The molecule has 2 aromatic carbocycles. The molecule has 1 fully saturated rings. The van der Waals surface area contributed by atoms with Gasteiger partial charge in [0.1, 0.15) is 23.8 Å². The van der Waals surface area contributed by atoms with Crippen molar-refractivity contribution in [3.63, 3.8) is 0 Å². The Morgan fingerprint density at radius 1 is 1.02 bits per heavy atom. The highest BCUT2D eigenvalue weighted by Gasteiger charge is 2.31. The van der Waals surface area contributed by atoms with Gasteiger partial charge in [0.15, 0.2) is 0 Å². The van der Waals surface area contributed by atoms with E-state index >= 15 is 0 Å². The van der Waals surface area contributed by atoms with Crippen LogP contribution in [-0.2, 0) is 21.4 Å². The lowest BCUT2D eigenvalue weighted by atomic mass is 9.90. The smallest absolute Gasteiger partial charge is 0.323 e. The lowest BCUT2D eigenvalue weighted by molar-refractivity contribution is -0.137. The van der Waals surface area contributed by atoms with Gasteiger partial charge in [-0.3, -0.25) is 9.59 Å². The molecule has 11 heteroatoms. The highest BCUT2D eigenvalue weighted by molar-refractivity contribution is 7.89. The number of anilines is 1. The molecule has 0 radical (unpaired) electrons. The fraction of sp³-hybridized carbons (Fsp3) is 0.300. The number of carbonyl (C=O) groups is 2. The molecule has 214 valence electrons. The number of rotatable bonds is 9. The number of hydrogen-bond acceptors (Lipinski definition) is 6. The Morgan fingerprint density at radius 2 is 1.71 bits per heavy atom. The molecule has 4 aromatic rings. The van der Waals surface area contributed by atoms with Crippen molar-refractivity contribution >= 4 is 38.8 Å². The van der Waals surface area contributed by atoms with Crippen LogP contribution in [-0.4, -0.2) is 58.5 Å². The maximum atomic E-state index is 13.3. The molecule has 2 N–H and O–H groups in total. The first-order chi connectivity index (χ1) is 19.6. The monoisotopic (exact) mass is 576 g/mol. The molecule has 10 nitrogen and oxygen atoms in total. The Labute approximate surface area is 238 Å². The van der Waals surface area contributed by atoms with E-state index in [-0.39, 0.29) is 29.4 Å². The summed E-state index contributed by atoms with van der Waals surface area (Å²) in [6.45, 7) is 4.20. The number of sulfonamides is 1. The lowest BCUT2D eigenvalue weighted by Gasteiger charge is -2.31. The van der Waals surface area contributed by atoms with Crippen molar-refractivity contribution in [2.75, 3.05) is 18.4 Å². The number of nitrogens with zero attached hydrogens (tertiary/aromatic N) is 3. The minimum atomic E-state index is -3.66. The topological polar surface area (TPSA) is 131 Å². The summed E-state index contributed by atoms with van der Waals surface area (Å²) in [5.41, 5.74) is 1.85. The number of ether oxygens (including phenoxy) is 1. The van der Waals surface area contributed by atoms with Gasteiger partial charge in [0.05, 0.1) is 11.0 Å². The fourth-order valence-electron chi connectivity index (χ4n) is 5.15. The van der Waals surface area contributed by atoms with Crippen LogP contribution >= 0.6 is 0 Å². The van der Waals surface area contributed by atoms with Crippen molar-refractivity contribution < 1.29 is 27.9 Å². The van der Waals surface area contributed by atoms with Gasteiger partial charge < -0.3 is 19.7 Å². The first kappa shape index (κ1) is 28.3. The number of aromatic nitrogens is 2. The molecule has 0 bridgehead atoms. The zero-order valence-corrected chi connectivity index (χ0v) is 23.7. The largest absolute Gasteiger partial charge is 0.491 e. The van der Waals surface area contributed by atoms with Crippen LogP contribution in [0.15, 0.2) is 77.8 Å². The highest BCUT2D eigenvalue weighted by atomic mass is 32.2. The third kappa shape index (κ3) is 6.26. The number of carboxylic acids is 1.